The van der Waals surface area contributed by atoms with E-state index in [4.69, 9.17) is 11.6 Å². The standard InChI is InChI=1S/C25H26ClFN10O/c1-2-5-17(7-8-18-6-3-4-9-37(18)22(38)14-36-15-31-34-35-36)32-25-21(27)13-30-24(33-25)20-12-29-23-19(20)10-16(26)11-28-23/h3-4,6,9-13,15,17-18H,2,5,7-8,14H2,1H3,(H,28,29)(H,30,32,33)/t17?,18-/m1/s1. The van der Waals surface area contributed by atoms with Crippen molar-refractivity contribution < 1.29 is 9.18 Å². The number of fused-ring (bicyclic) bond motifs is 1. The number of halogens is 2. The van der Waals surface area contributed by atoms with E-state index in [0.29, 0.717) is 34.9 Å². The van der Waals surface area contributed by atoms with Gasteiger partial charge in [-0.3, -0.25) is 4.79 Å². The van der Waals surface area contributed by atoms with Gasteiger partial charge in [-0.05, 0) is 41.8 Å². The third-order valence-corrected chi connectivity index (χ3v) is 6.50. The maximum atomic E-state index is 14.8. The smallest absolute Gasteiger partial charge is 0.248 e. The molecule has 1 unspecified atom stereocenters. The van der Waals surface area contributed by atoms with E-state index in [-0.39, 0.29) is 30.4 Å². The van der Waals surface area contributed by atoms with E-state index in [2.05, 4.69) is 47.7 Å². The first-order chi connectivity index (χ1) is 18.5. The molecule has 0 saturated heterocycles. The number of hydrogen-bond acceptors (Lipinski definition) is 8. The summed E-state index contributed by atoms with van der Waals surface area (Å²) in [6.45, 7) is 2.12. The number of carbonyl (C=O) groups is 1. The maximum Gasteiger partial charge on any atom is 0.248 e. The van der Waals surface area contributed by atoms with Gasteiger partial charge in [0.2, 0.25) is 5.91 Å². The molecule has 0 spiro atoms. The Morgan fingerprint density at radius 1 is 1.26 bits per heavy atom. The molecule has 5 heterocycles. The van der Waals surface area contributed by atoms with Gasteiger partial charge in [-0.1, -0.05) is 37.1 Å². The molecular formula is C25H26ClFN10O. The van der Waals surface area contributed by atoms with Gasteiger partial charge in [0.05, 0.1) is 17.3 Å². The summed E-state index contributed by atoms with van der Waals surface area (Å²) in [6.07, 6.45) is 16.4. The van der Waals surface area contributed by atoms with Crippen LogP contribution in [0.3, 0.4) is 0 Å². The Morgan fingerprint density at radius 3 is 2.97 bits per heavy atom. The van der Waals surface area contributed by atoms with Crippen LogP contribution >= 0.6 is 11.6 Å². The first-order valence-electron chi connectivity index (χ1n) is 12.3. The number of nitrogens with one attached hydrogen (secondary N) is 2. The Morgan fingerprint density at radius 2 is 2.16 bits per heavy atom. The number of anilines is 1. The molecular weight excluding hydrogens is 511 g/mol. The second kappa shape index (κ2) is 11.5. The van der Waals surface area contributed by atoms with Gasteiger partial charge in [-0.2, -0.15) is 0 Å². The summed E-state index contributed by atoms with van der Waals surface area (Å²) in [6, 6.07) is 1.57. The van der Waals surface area contributed by atoms with Gasteiger partial charge >= 0.3 is 0 Å². The third kappa shape index (κ3) is 5.70. The molecule has 1 aliphatic rings. The highest BCUT2D eigenvalue weighted by molar-refractivity contribution is 6.31. The lowest BCUT2D eigenvalue weighted by Gasteiger charge is -2.30. The molecule has 4 aromatic rings. The average molecular weight is 537 g/mol. The molecule has 4 aromatic heterocycles. The topological polar surface area (TPSA) is 130 Å². The van der Waals surface area contributed by atoms with E-state index >= 15 is 0 Å². The van der Waals surface area contributed by atoms with Gasteiger partial charge in [0.25, 0.3) is 0 Å². The van der Waals surface area contributed by atoms with Crippen molar-refractivity contribution in [2.75, 3.05) is 5.32 Å². The highest BCUT2D eigenvalue weighted by Crippen LogP contribution is 2.29. The molecule has 38 heavy (non-hydrogen) atoms. The number of tetrazole rings is 1. The molecule has 1 aliphatic heterocycles. The second-order valence-electron chi connectivity index (χ2n) is 8.95. The molecule has 11 nitrogen and oxygen atoms in total. The van der Waals surface area contributed by atoms with Gasteiger partial charge in [-0.25, -0.2) is 24.0 Å². The van der Waals surface area contributed by atoms with E-state index in [1.54, 1.807) is 29.6 Å². The van der Waals surface area contributed by atoms with Crippen molar-refractivity contribution in [3.05, 3.63) is 66.3 Å². The SMILES string of the molecule is CCCC(CC[C@H]1C=CC=CN1C(=O)Cn1cnnn1)Nc1nc(-c2c[nH]c3ncc(Cl)cc23)ncc1F. The summed E-state index contributed by atoms with van der Waals surface area (Å²) < 4.78 is 16.2. The van der Waals surface area contributed by atoms with E-state index in [9.17, 15) is 9.18 Å². The fraction of sp³-hybridized carbons (Fsp3) is 0.320. The second-order valence-corrected chi connectivity index (χ2v) is 9.39. The normalized spacial score (nSPS) is 15.8. The highest BCUT2D eigenvalue weighted by Gasteiger charge is 2.24. The first kappa shape index (κ1) is 25.5. The summed E-state index contributed by atoms with van der Waals surface area (Å²) in [4.78, 5) is 30.6. The number of rotatable bonds is 10. The number of nitrogens with zero attached hydrogens (tertiary/aromatic N) is 8. The number of aromatic nitrogens is 8. The van der Waals surface area contributed by atoms with E-state index in [0.717, 1.165) is 18.2 Å². The van der Waals surface area contributed by atoms with Crippen molar-refractivity contribution in [1.29, 1.82) is 0 Å². The number of aromatic amines is 1. The van der Waals surface area contributed by atoms with E-state index in [1.807, 2.05) is 18.2 Å². The van der Waals surface area contributed by atoms with Crippen LogP contribution in [0, 0.1) is 5.82 Å². The van der Waals surface area contributed by atoms with E-state index in [1.165, 1.54) is 17.2 Å². The van der Waals surface area contributed by atoms with Crippen molar-refractivity contribution in [2.45, 2.75) is 51.2 Å². The van der Waals surface area contributed by atoms with Crippen LogP contribution in [0.25, 0.3) is 22.4 Å². The van der Waals surface area contributed by atoms with Crippen molar-refractivity contribution in [3.8, 4) is 11.4 Å². The monoisotopic (exact) mass is 536 g/mol. The predicted octanol–water partition coefficient (Wildman–Crippen LogP) is 4.14. The quantitative estimate of drug-likeness (QED) is 0.309. The zero-order chi connectivity index (χ0) is 26.5. The van der Waals surface area contributed by atoms with Crippen LogP contribution in [-0.2, 0) is 11.3 Å². The number of hydrogen-bond donors (Lipinski definition) is 2. The molecule has 0 aliphatic carbocycles. The summed E-state index contributed by atoms with van der Waals surface area (Å²) in [5.74, 6) is -0.171. The molecule has 5 rings (SSSR count). The van der Waals surface area contributed by atoms with Crippen molar-refractivity contribution in [3.63, 3.8) is 0 Å². The van der Waals surface area contributed by atoms with Crippen molar-refractivity contribution >= 4 is 34.4 Å². The van der Waals surface area contributed by atoms with Gasteiger partial charge in [0.15, 0.2) is 17.5 Å². The Hall–Kier alpha value is -4.19. The van der Waals surface area contributed by atoms with Crippen LogP contribution in [0.4, 0.5) is 10.2 Å². The Labute approximate surface area is 222 Å². The van der Waals surface area contributed by atoms with Gasteiger partial charge in [0.1, 0.15) is 18.5 Å². The summed E-state index contributed by atoms with van der Waals surface area (Å²) in [5, 5.41) is 15.4. The molecule has 2 N–H and O–H groups in total. The largest absolute Gasteiger partial charge is 0.365 e. The molecule has 196 valence electrons. The van der Waals surface area contributed by atoms with Crippen LogP contribution in [-0.4, -0.2) is 63.0 Å². The van der Waals surface area contributed by atoms with Crippen LogP contribution in [0.5, 0.6) is 0 Å². The Balaban J connectivity index is 1.30. The first-order valence-corrected chi connectivity index (χ1v) is 12.7. The van der Waals surface area contributed by atoms with Crippen LogP contribution in [0.15, 0.2) is 55.4 Å². The highest BCUT2D eigenvalue weighted by atomic mass is 35.5. The lowest BCUT2D eigenvalue weighted by atomic mass is 10.00. The molecule has 0 fully saturated rings. The minimum absolute atomic E-state index is 0.0435. The minimum Gasteiger partial charge on any atom is -0.365 e. The van der Waals surface area contributed by atoms with Gasteiger partial charge < -0.3 is 15.2 Å². The number of amides is 1. The van der Waals surface area contributed by atoms with Crippen LogP contribution < -0.4 is 5.32 Å². The van der Waals surface area contributed by atoms with Crippen molar-refractivity contribution in [1.82, 2.24) is 45.0 Å². The number of H-pyrrole nitrogens is 1. The maximum absolute atomic E-state index is 14.8. The molecule has 1 amide bonds. The third-order valence-electron chi connectivity index (χ3n) is 6.30. The molecule has 0 saturated carbocycles. The van der Waals surface area contributed by atoms with Gasteiger partial charge in [0, 0.05) is 35.6 Å². The summed E-state index contributed by atoms with van der Waals surface area (Å²) in [7, 11) is 0. The Bertz CT molecular complexity index is 1470. The molecule has 0 bridgehead atoms. The molecule has 0 radical (unpaired) electrons. The number of pyridine rings is 1. The molecule has 2 atom stereocenters. The van der Waals surface area contributed by atoms with Crippen LogP contribution in [0.1, 0.15) is 32.6 Å². The zero-order valence-corrected chi connectivity index (χ0v) is 21.4. The average Bonchev–Trinajstić information content (AvgIpc) is 3.58. The van der Waals surface area contributed by atoms with E-state index < -0.39 is 5.82 Å². The number of carbonyl (C=O) groups excluding carboxylic acids is 1. The lowest BCUT2D eigenvalue weighted by molar-refractivity contribution is -0.130. The van der Waals surface area contributed by atoms with Gasteiger partial charge in [-0.15, -0.1) is 5.10 Å². The zero-order valence-electron chi connectivity index (χ0n) is 20.6. The summed E-state index contributed by atoms with van der Waals surface area (Å²) in [5.41, 5.74) is 1.32. The van der Waals surface area contributed by atoms with Crippen molar-refractivity contribution in [2.24, 2.45) is 0 Å². The Kier molecular flexibility index (Phi) is 7.68. The number of allylic oxidation sites excluding steroid dienone is 2. The minimum atomic E-state index is -0.537. The molecule has 0 aromatic carbocycles. The summed E-state index contributed by atoms with van der Waals surface area (Å²) >= 11 is 6.13. The van der Waals surface area contributed by atoms with Crippen LogP contribution in [0.2, 0.25) is 5.02 Å². The predicted molar refractivity (Wildman–Crippen MR) is 140 cm³/mol. The fourth-order valence-corrected chi connectivity index (χ4v) is 4.64. The fourth-order valence-electron chi connectivity index (χ4n) is 4.48. The molecule has 13 heteroatoms. The lowest BCUT2D eigenvalue weighted by Crippen LogP contribution is -2.39.